The van der Waals surface area contributed by atoms with Crippen molar-refractivity contribution in [2.75, 3.05) is 19.5 Å². The van der Waals surface area contributed by atoms with E-state index in [1.165, 1.54) is 38.0 Å². The molecule has 7 heteroatoms. The average molecular weight is 420 g/mol. The Morgan fingerprint density at radius 1 is 1.17 bits per heavy atom. The lowest BCUT2D eigenvalue weighted by molar-refractivity contribution is 0.101. The molecule has 0 saturated heterocycles. The molecule has 0 amide bonds. The highest BCUT2D eigenvalue weighted by molar-refractivity contribution is 7.11. The summed E-state index contributed by atoms with van der Waals surface area (Å²) in [7, 11) is 3.03. The molecule has 0 aliphatic rings. The smallest absolute Gasteiger partial charge is 0.162 e. The normalized spacial score (nSPS) is 11.0. The van der Waals surface area contributed by atoms with Crippen LogP contribution in [0.1, 0.15) is 27.9 Å². The number of carbonyl (C=O) groups is 1. The zero-order valence-electron chi connectivity index (χ0n) is 17.1. The zero-order chi connectivity index (χ0) is 21.7. The Morgan fingerprint density at radius 2 is 1.83 bits per heavy atom. The van der Waals surface area contributed by atoms with E-state index in [4.69, 9.17) is 9.47 Å². The number of nitrogens with one attached hydrogen (secondary N) is 1. The molecule has 0 unspecified atom stereocenters. The highest BCUT2D eigenvalue weighted by atomic mass is 32.1. The van der Waals surface area contributed by atoms with Gasteiger partial charge < -0.3 is 14.8 Å². The van der Waals surface area contributed by atoms with Crippen LogP contribution in [-0.4, -0.2) is 25.0 Å². The lowest BCUT2D eigenvalue weighted by atomic mass is 10.1. The summed E-state index contributed by atoms with van der Waals surface area (Å²) in [6, 6.07) is 13.5. The minimum absolute atomic E-state index is 0.138. The van der Waals surface area contributed by atoms with Crippen molar-refractivity contribution in [3.05, 3.63) is 64.1 Å². The van der Waals surface area contributed by atoms with Crippen LogP contribution in [0.5, 0.6) is 11.5 Å². The van der Waals surface area contributed by atoms with Crippen LogP contribution in [0.25, 0.3) is 16.8 Å². The summed E-state index contributed by atoms with van der Waals surface area (Å²) >= 11 is 1.39. The topological polar surface area (TPSA) is 84.2 Å². The lowest BCUT2D eigenvalue weighted by Gasteiger charge is -2.13. The first-order valence-corrected chi connectivity index (χ1v) is 10.0. The number of aryl methyl sites for hydroxylation is 1. The summed E-state index contributed by atoms with van der Waals surface area (Å²) in [5.74, 6) is 0.800. The van der Waals surface area contributed by atoms with Crippen LogP contribution in [0.2, 0.25) is 0 Å². The van der Waals surface area contributed by atoms with Crippen LogP contribution in [-0.2, 0) is 0 Å². The Labute approximate surface area is 179 Å². The minimum Gasteiger partial charge on any atom is -0.493 e. The number of anilines is 1. The quantitative estimate of drug-likeness (QED) is 0.412. The number of aromatic nitrogens is 1. The number of carbonyl (C=O) groups excluding carboxylic acids is 1. The molecule has 0 spiro atoms. The fourth-order valence-electron chi connectivity index (χ4n) is 2.84. The van der Waals surface area contributed by atoms with E-state index in [1.54, 1.807) is 18.3 Å². The molecule has 152 valence electrons. The molecule has 1 N–H and O–H groups in total. The van der Waals surface area contributed by atoms with Gasteiger partial charge in [0.1, 0.15) is 16.6 Å². The van der Waals surface area contributed by atoms with Gasteiger partial charge >= 0.3 is 0 Å². The Morgan fingerprint density at radius 3 is 2.43 bits per heavy atom. The van der Waals surface area contributed by atoms with Crippen molar-refractivity contribution in [2.45, 2.75) is 13.8 Å². The van der Waals surface area contributed by atoms with Crippen LogP contribution >= 0.6 is 11.3 Å². The predicted molar refractivity (Wildman–Crippen MR) is 119 cm³/mol. The zero-order valence-corrected chi connectivity index (χ0v) is 18.0. The molecule has 30 heavy (non-hydrogen) atoms. The van der Waals surface area contributed by atoms with Gasteiger partial charge in [-0.15, -0.1) is 11.3 Å². The molecule has 0 bridgehead atoms. The number of hydrogen-bond acceptors (Lipinski definition) is 7. The van der Waals surface area contributed by atoms with E-state index >= 15 is 0 Å². The fraction of sp³-hybridized carbons (Fsp3) is 0.174. The van der Waals surface area contributed by atoms with Crippen molar-refractivity contribution < 1.29 is 14.3 Å². The number of ether oxygens (including phenoxy) is 2. The number of Topliss-reactive ketones (excluding diaryl/α,β-unsaturated/α-hetero) is 1. The van der Waals surface area contributed by atoms with Crippen LogP contribution in [0.15, 0.2) is 48.0 Å². The van der Waals surface area contributed by atoms with Crippen LogP contribution in [0, 0.1) is 18.3 Å². The van der Waals surface area contributed by atoms with Gasteiger partial charge in [-0.2, -0.15) is 5.26 Å². The summed E-state index contributed by atoms with van der Waals surface area (Å²) in [5, 5.41) is 15.2. The van der Waals surface area contributed by atoms with Gasteiger partial charge in [-0.3, -0.25) is 4.79 Å². The molecule has 0 aliphatic heterocycles. The second-order valence-corrected chi connectivity index (χ2v) is 7.39. The second-order valence-electron chi connectivity index (χ2n) is 6.53. The number of rotatable bonds is 7. The molecule has 0 atom stereocenters. The fourth-order valence-corrected chi connectivity index (χ4v) is 3.63. The highest BCUT2D eigenvalue weighted by Crippen LogP contribution is 2.34. The third-order valence-electron chi connectivity index (χ3n) is 4.48. The Kier molecular flexibility index (Phi) is 6.50. The molecule has 0 fully saturated rings. The number of ketones is 1. The molecule has 3 rings (SSSR count). The first-order valence-electron chi connectivity index (χ1n) is 9.13. The van der Waals surface area contributed by atoms with Gasteiger partial charge in [0.15, 0.2) is 17.3 Å². The molecule has 6 nitrogen and oxygen atoms in total. The first-order chi connectivity index (χ1) is 14.5. The van der Waals surface area contributed by atoms with Crippen LogP contribution in [0.3, 0.4) is 0 Å². The van der Waals surface area contributed by atoms with E-state index < -0.39 is 0 Å². The van der Waals surface area contributed by atoms with Crippen molar-refractivity contribution in [1.82, 2.24) is 4.98 Å². The average Bonchev–Trinajstić information content (AvgIpc) is 3.24. The maximum absolute atomic E-state index is 12.1. The number of nitriles is 1. The van der Waals surface area contributed by atoms with Crippen molar-refractivity contribution in [3.8, 4) is 28.8 Å². The van der Waals surface area contributed by atoms with E-state index in [1.807, 2.05) is 36.6 Å². The highest BCUT2D eigenvalue weighted by Gasteiger charge is 2.15. The Bertz CT molecular complexity index is 1140. The second kappa shape index (κ2) is 9.25. The number of nitrogens with zero attached hydrogens (tertiary/aromatic N) is 2. The van der Waals surface area contributed by atoms with Crippen molar-refractivity contribution in [1.29, 1.82) is 5.26 Å². The molecule has 2 aromatic carbocycles. The van der Waals surface area contributed by atoms with Gasteiger partial charge in [-0.25, -0.2) is 4.98 Å². The monoisotopic (exact) mass is 419 g/mol. The SMILES string of the molecule is COc1cc(N/C=C(\C#N)c2nc(-c3ccc(C)cc3)cs2)c(C(C)=O)cc1OC. The van der Waals surface area contributed by atoms with Crippen molar-refractivity contribution in [3.63, 3.8) is 0 Å². The van der Waals surface area contributed by atoms with E-state index in [0.29, 0.717) is 33.3 Å². The molecule has 0 radical (unpaired) electrons. The number of thiazole rings is 1. The van der Waals surface area contributed by atoms with E-state index in [0.717, 1.165) is 11.3 Å². The third kappa shape index (κ3) is 4.50. The van der Waals surface area contributed by atoms with Gasteiger partial charge in [-0.1, -0.05) is 29.8 Å². The predicted octanol–water partition coefficient (Wildman–Crippen LogP) is 5.31. The first kappa shape index (κ1) is 21.1. The van der Waals surface area contributed by atoms with Gasteiger partial charge in [0.2, 0.25) is 0 Å². The van der Waals surface area contributed by atoms with E-state index in [2.05, 4.69) is 16.4 Å². The van der Waals surface area contributed by atoms with E-state index in [9.17, 15) is 10.1 Å². The lowest BCUT2D eigenvalue weighted by Crippen LogP contribution is -2.03. The molecular formula is C23H21N3O3S. The minimum atomic E-state index is -0.138. The van der Waals surface area contributed by atoms with Gasteiger partial charge in [0.05, 0.1) is 25.6 Å². The number of benzene rings is 2. The molecule has 1 aromatic heterocycles. The molecule has 0 saturated carbocycles. The van der Waals surface area contributed by atoms with Crippen LogP contribution in [0.4, 0.5) is 5.69 Å². The maximum atomic E-state index is 12.1. The number of allylic oxidation sites excluding steroid dienone is 1. The summed E-state index contributed by atoms with van der Waals surface area (Å²) in [6.45, 7) is 3.50. The maximum Gasteiger partial charge on any atom is 0.162 e. The van der Waals surface area contributed by atoms with Gasteiger partial charge in [0.25, 0.3) is 0 Å². The van der Waals surface area contributed by atoms with Gasteiger partial charge in [0, 0.05) is 28.8 Å². The summed E-state index contributed by atoms with van der Waals surface area (Å²) in [6.07, 6.45) is 1.55. The standard InChI is InChI=1S/C23H21N3O3S/c1-14-5-7-16(8-6-14)20-13-30-23(26-20)17(11-24)12-25-19-10-22(29-4)21(28-3)9-18(19)15(2)27/h5-10,12-13,25H,1-4H3/b17-12+. The van der Waals surface area contributed by atoms with Crippen molar-refractivity contribution in [2.24, 2.45) is 0 Å². The van der Waals surface area contributed by atoms with Crippen molar-refractivity contribution >= 4 is 28.4 Å². The number of methoxy groups -OCH3 is 2. The summed E-state index contributed by atoms with van der Waals surface area (Å²) in [5.41, 5.74) is 4.29. The third-order valence-corrected chi connectivity index (χ3v) is 5.35. The largest absolute Gasteiger partial charge is 0.493 e. The van der Waals surface area contributed by atoms with Gasteiger partial charge in [-0.05, 0) is 19.9 Å². The molecule has 3 aromatic rings. The summed E-state index contributed by atoms with van der Waals surface area (Å²) < 4.78 is 10.6. The summed E-state index contributed by atoms with van der Waals surface area (Å²) in [4.78, 5) is 16.7. The number of hydrogen-bond donors (Lipinski definition) is 1. The van der Waals surface area contributed by atoms with E-state index in [-0.39, 0.29) is 5.78 Å². The Balaban J connectivity index is 1.92. The Hall–Kier alpha value is -3.63. The molecular weight excluding hydrogens is 398 g/mol. The van der Waals surface area contributed by atoms with Crippen LogP contribution < -0.4 is 14.8 Å². The molecule has 0 aliphatic carbocycles. The molecule has 1 heterocycles.